The van der Waals surface area contributed by atoms with E-state index < -0.39 is 0 Å². The van der Waals surface area contributed by atoms with Crippen molar-refractivity contribution in [2.24, 2.45) is 5.92 Å². The molecule has 164 valence electrons. The quantitative estimate of drug-likeness (QED) is 0.720. The van der Waals surface area contributed by atoms with Crippen LogP contribution in [-0.4, -0.2) is 78.4 Å². The van der Waals surface area contributed by atoms with Gasteiger partial charge >= 0.3 is 0 Å². The summed E-state index contributed by atoms with van der Waals surface area (Å²) >= 11 is 0. The summed E-state index contributed by atoms with van der Waals surface area (Å²) in [5.74, 6) is 1.56. The zero-order chi connectivity index (χ0) is 20.8. The zero-order valence-corrected chi connectivity index (χ0v) is 18.0. The number of amides is 2. The number of ether oxygens (including phenoxy) is 1. The summed E-state index contributed by atoms with van der Waals surface area (Å²) in [7, 11) is 0. The van der Waals surface area contributed by atoms with Crippen LogP contribution in [0.3, 0.4) is 0 Å². The lowest BCUT2D eigenvalue weighted by molar-refractivity contribution is -0.142. The Kier molecular flexibility index (Phi) is 7.26. The van der Waals surface area contributed by atoms with Gasteiger partial charge in [-0.3, -0.25) is 14.5 Å². The van der Waals surface area contributed by atoms with Crippen molar-refractivity contribution in [1.29, 1.82) is 0 Å². The minimum Gasteiger partial charge on any atom is -0.484 e. The number of piperazine rings is 1. The van der Waals surface area contributed by atoms with Gasteiger partial charge in [0, 0.05) is 39.3 Å². The third-order valence-electron chi connectivity index (χ3n) is 6.93. The highest BCUT2D eigenvalue weighted by molar-refractivity contribution is 5.82. The van der Waals surface area contributed by atoms with E-state index in [2.05, 4.69) is 9.80 Å². The molecule has 1 saturated carbocycles. The third-order valence-corrected chi connectivity index (χ3v) is 6.93. The van der Waals surface area contributed by atoms with Gasteiger partial charge in [-0.05, 0) is 50.2 Å². The van der Waals surface area contributed by atoms with Crippen LogP contribution in [0.4, 0.5) is 0 Å². The maximum Gasteiger partial charge on any atom is 0.260 e. The Morgan fingerprint density at radius 3 is 2.17 bits per heavy atom. The van der Waals surface area contributed by atoms with Crippen LogP contribution in [0, 0.1) is 5.92 Å². The fourth-order valence-electron chi connectivity index (χ4n) is 5.23. The second-order valence-electron chi connectivity index (χ2n) is 8.89. The summed E-state index contributed by atoms with van der Waals surface area (Å²) in [6, 6.07) is 9.47. The first-order valence-electron chi connectivity index (χ1n) is 11.7. The van der Waals surface area contributed by atoms with Gasteiger partial charge in [-0.25, -0.2) is 0 Å². The highest BCUT2D eigenvalue weighted by Gasteiger charge is 2.39. The molecule has 3 fully saturated rings. The van der Waals surface area contributed by atoms with Crippen molar-refractivity contribution < 1.29 is 14.3 Å². The maximum atomic E-state index is 13.4. The molecule has 2 aliphatic heterocycles. The fraction of sp³-hybridized carbons (Fsp3) is 0.667. The largest absolute Gasteiger partial charge is 0.484 e. The predicted molar refractivity (Wildman–Crippen MR) is 116 cm³/mol. The van der Waals surface area contributed by atoms with Crippen LogP contribution in [0.1, 0.15) is 44.9 Å². The highest BCUT2D eigenvalue weighted by atomic mass is 16.5. The van der Waals surface area contributed by atoms with Gasteiger partial charge in [-0.2, -0.15) is 0 Å². The van der Waals surface area contributed by atoms with Crippen LogP contribution in [-0.2, 0) is 9.59 Å². The number of likely N-dealkylation sites (tertiary alicyclic amines) is 1. The number of carbonyl (C=O) groups excluding carboxylic acids is 2. The third kappa shape index (κ3) is 5.15. The summed E-state index contributed by atoms with van der Waals surface area (Å²) in [5.41, 5.74) is 0. The molecule has 4 rings (SSSR count). The number of rotatable bonds is 6. The molecular weight excluding hydrogens is 378 g/mol. The van der Waals surface area contributed by atoms with Crippen LogP contribution in [0.5, 0.6) is 5.75 Å². The van der Waals surface area contributed by atoms with Crippen molar-refractivity contribution in [2.75, 3.05) is 45.9 Å². The van der Waals surface area contributed by atoms with Crippen LogP contribution >= 0.6 is 0 Å². The Labute approximate surface area is 180 Å². The molecule has 2 saturated heterocycles. The summed E-state index contributed by atoms with van der Waals surface area (Å²) in [6.07, 6.45) is 8.30. The molecule has 0 radical (unpaired) electrons. The average molecular weight is 414 g/mol. The van der Waals surface area contributed by atoms with Crippen molar-refractivity contribution in [3.05, 3.63) is 30.3 Å². The number of hydrogen-bond acceptors (Lipinski definition) is 4. The molecule has 6 heteroatoms. The van der Waals surface area contributed by atoms with Crippen molar-refractivity contribution in [3.8, 4) is 5.75 Å². The smallest absolute Gasteiger partial charge is 0.260 e. The van der Waals surface area contributed by atoms with Gasteiger partial charge in [0.05, 0.1) is 6.04 Å². The van der Waals surface area contributed by atoms with Gasteiger partial charge in [0.1, 0.15) is 5.75 Å². The lowest BCUT2D eigenvalue weighted by Gasteiger charge is -2.43. The molecular formula is C24H35N3O3. The lowest BCUT2D eigenvalue weighted by Crippen LogP contribution is -2.59. The lowest BCUT2D eigenvalue weighted by atomic mass is 9.93. The van der Waals surface area contributed by atoms with E-state index in [0.29, 0.717) is 24.9 Å². The molecule has 1 unspecified atom stereocenters. The van der Waals surface area contributed by atoms with Crippen LogP contribution in [0.15, 0.2) is 30.3 Å². The first-order valence-corrected chi connectivity index (χ1v) is 11.7. The Balaban J connectivity index is 1.32. The molecule has 2 amide bonds. The van der Waals surface area contributed by atoms with E-state index in [-0.39, 0.29) is 18.6 Å². The van der Waals surface area contributed by atoms with E-state index >= 15 is 0 Å². The number of carbonyl (C=O) groups is 2. The summed E-state index contributed by atoms with van der Waals surface area (Å²) in [4.78, 5) is 32.4. The molecule has 1 aliphatic carbocycles. The highest BCUT2D eigenvalue weighted by Crippen LogP contribution is 2.32. The fourth-order valence-corrected chi connectivity index (χ4v) is 5.23. The van der Waals surface area contributed by atoms with E-state index in [1.54, 1.807) is 0 Å². The molecule has 1 atom stereocenters. The zero-order valence-electron chi connectivity index (χ0n) is 18.0. The minimum atomic E-state index is 0.00317. The molecule has 30 heavy (non-hydrogen) atoms. The second kappa shape index (κ2) is 10.3. The first kappa shape index (κ1) is 21.2. The van der Waals surface area contributed by atoms with Crippen molar-refractivity contribution in [1.82, 2.24) is 14.7 Å². The predicted octanol–water partition coefficient (Wildman–Crippen LogP) is 2.78. The van der Waals surface area contributed by atoms with Crippen LogP contribution in [0.25, 0.3) is 0 Å². The second-order valence-corrected chi connectivity index (χ2v) is 8.89. The topological polar surface area (TPSA) is 53.1 Å². The Hall–Kier alpha value is -2.08. The SMILES string of the molecule is O=C(COc1ccccc1)N1CCN(C(C(=O)N2CCCCC2)C2CCCC2)CC1. The molecule has 6 nitrogen and oxygen atoms in total. The molecule has 0 bridgehead atoms. The first-order chi connectivity index (χ1) is 14.7. The van der Waals surface area contributed by atoms with Gasteiger partial charge in [-0.1, -0.05) is 31.0 Å². The monoisotopic (exact) mass is 413 g/mol. The number of piperidine rings is 1. The summed E-state index contributed by atoms with van der Waals surface area (Å²) in [6.45, 7) is 4.80. The number of benzene rings is 1. The molecule has 0 N–H and O–H groups in total. The normalized spacial score (nSPS) is 22.1. The van der Waals surface area contributed by atoms with Gasteiger partial charge in [0.15, 0.2) is 6.61 Å². The Bertz CT molecular complexity index is 691. The molecule has 1 aromatic carbocycles. The Morgan fingerprint density at radius 1 is 0.833 bits per heavy atom. The molecule has 0 aromatic heterocycles. The minimum absolute atomic E-state index is 0.00317. The van der Waals surface area contributed by atoms with E-state index in [1.165, 1.54) is 19.3 Å². The van der Waals surface area contributed by atoms with Gasteiger partial charge in [0.2, 0.25) is 5.91 Å². The molecule has 2 heterocycles. The van der Waals surface area contributed by atoms with E-state index in [9.17, 15) is 9.59 Å². The Morgan fingerprint density at radius 2 is 1.50 bits per heavy atom. The molecule has 3 aliphatic rings. The summed E-state index contributed by atoms with van der Waals surface area (Å²) < 4.78 is 5.63. The molecule has 1 aromatic rings. The summed E-state index contributed by atoms with van der Waals surface area (Å²) in [5, 5.41) is 0. The van der Waals surface area contributed by atoms with Crippen molar-refractivity contribution in [2.45, 2.75) is 51.0 Å². The van der Waals surface area contributed by atoms with Gasteiger partial charge in [-0.15, -0.1) is 0 Å². The number of para-hydroxylation sites is 1. The average Bonchev–Trinajstić information content (AvgIpc) is 3.34. The van der Waals surface area contributed by atoms with Crippen molar-refractivity contribution in [3.63, 3.8) is 0 Å². The standard InChI is InChI=1S/C24H35N3O3/c28-22(19-30-21-11-3-1-4-12-21)25-15-17-26(18-16-25)23(20-9-5-6-10-20)24(29)27-13-7-2-8-14-27/h1,3-4,11-12,20,23H,2,5-10,13-19H2. The molecule has 0 spiro atoms. The van der Waals surface area contributed by atoms with E-state index in [1.807, 2.05) is 35.2 Å². The van der Waals surface area contributed by atoms with Crippen molar-refractivity contribution >= 4 is 11.8 Å². The van der Waals surface area contributed by atoms with Crippen LogP contribution < -0.4 is 4.74 Å². The number of nitrogens with zero attached hydrogens (tertiary/aromatic N) is 3. The maximum absolute atomic E-state index is 13.4. The number of hydrogen-bond donors (Lipinski definition) is 0. The van der Waals surface area contributed by atoms with E-state index in [0.717, 1.165) is 57.6 Å². The van der Waals surface area contributed by atoms with Crippen LogP contribution in [0.2, 0.25) is 0 Å². The van der Waals surface area contributed by atoms with Gasteiger partial charge in [0.25, 0.3) is 5.91 Å². The van der Waals surface area contributed by atoms with Gasteiger partial charge < -0.3 is 14.5 Å². The van der Waals surface area contributed by atoms with E-state index in [4.69, 9.17) is 4.74 Å².